The van der Waals surface area contributed by atoms with Gasteiger partial charge in [-0.2, -0.15) is 0 Å². The molecule has 3 N–H and O–H groups in total. The lowest BCUT2D eigenvalue weighted by Gasteiger charge is -2.31. The molecule has 5 nitrogen and oxygen atoms in total. The SMILES string of the molecule is CC(C)Cc1ccc(C2c3c(ccc4cc(O)ccc34)Oc3ccc4cc(O)ccc4c32)cc1.CCCO.CCOC. The van der Waals surface area contributed by atoms with Gasteiger partial charge in [0.25, 0.3) is 0 Å². The molecule has 1 heterocycles. The molecule has 220 valence electrons. The molecular weight excluding hydrogens is 524 g/mol. The quantitative estimate of drug-likeness (QED) is 0.194. The van der Waals surface area contributed by atoms with Crippen molar-refractivity contribution in [2.24, 2.45) is 5.92 Å². The molecule has 6 rings (SSSR count). The van der Waals surface area contributed by atoms with Gasteiger partial charge < -0.3 is 24.8 Å². The van der Waals surface area contributed by atoms with Gasteiger partial charge in [0, 0.05) is 37.4 Å². The Kier molecular flexibility index (Phi) is 10.5. The van der Waals surface area contributed by atoms with Gasteiger partial charge in [-0.1, -0.05) is 69.3 Å². The molecule has 0 fully saturated rings. The molecule has 0 unspecified atom stereocenters. The summed E-state index contributed by atoms with van der Waals surface area (Å²) in [6.07, 6.45) is 1.92. The van der Waals surface area contributed by atoms with Crippen molar-refractivity contribution in [3.05, 3.63) is 107 Å². The fourth-order valence-corrected chi connectivity index (χ4v) is 5.33. The molecule has 0 saturated heterocycles. The number of hydrogen-bond acceptors (Lipinski definition) is 5. The standard InChI is InChI=1S/C31H26O3.2C3H8O/c1-18(2)15-19-3-5-20(6-4-19)29-30-25-11-9-23(32)16-21(25)7-13-27(30)34-28-14-8-22-17-24(33)10-12-26(22)31(28)29;1-3-4-2;1-2-3-4/h3-14,16-18,29,32-33H,15H2,1-2H3;3H2,1-2H3;4H,2-3H2,1H3. The first kappa shape index (κ1) is 30.9. The summed E-state index contributed by atoms with van der Waals surface area (Å²) < 4.78 is 11.0. The Labute approximate surface area is 249 Å². The van der Waals surface area contributed by atoms with Crippen molar-refractivity contribution < 1.29 is 24.8 Å². The van der Waals surface area contributed by atoms with Crippen LogP contribution in [0.5, 0.6) is 23.0 Å². The third kappa shape index (κ3) is 6.87. The number of hydrogen-bond donors (Lipinski definition) is 3. The lowest BCUT2D eigenvalue weighted by Crippen LogP contribution is -2.13. The van der Waals surface area contributed by atoms with Gasteiger partial charge in [-0.15, -0.1) is 0 Å². The highest BCUT2D eigenvalue weighted by Crippen LogP contribution is 2.52. The molecule has 5 aromatic rings. The zero-order valence-corrected chi connectivity index (χ0v) is 25.2. The molecule has 0 bridgehead atoms. The third-order valence-corrected chi connectivity index (χ3v) is 7.28. The van der Waals surface area contributed by atoms with Gasteiger partial charge in [0.05, 0.1) is 0 Å². The highest BCUT2D eigenvalue weighted by Gasteiger charge is 2.32. The maximum absolute atomic E-state index is 10.1. The van der Waals surface area contributed by atoms with Crippen LogP contribution in [0.4, 0.5) is 0 Å². The molecule has 0 amide bonds. The van der Waals surface area contributed by atoms with Crippen LogP contribution in [0.2, 0.25) is 0 Å². The number of phenolic OH excluding ortho intramolecular Hbond substituents is 2. The van der Waals surface area contributed by atoms with Crippen LogP contribution in [0.25, 0.3) is 21.5 Å². The molecule has 5 aromatic carbocycles. The highest BCUT2D eigenvalue weighted by atomic mass is 16.5. The third-order valence-electron chi connectivity index (χ3n) is 7.28. The number of phenols is 2. The number of aliphatic hydroxyl groups is 1. The first-order valence-corrected chi connectivity index (χ1v) is 14.7. The average molecular weight is 567 g/mol. The van der Waals surface area contributed by atoms with Gasteiger partial charge in [0.15, 0.2) is 0 Å². The van der Waals surface area contributed by atoms with E-state index >= 15 is 0 Å². The molecule has 0 spiro atoms. The van der Waals surface area contributed by atoms with E-state index in [0.717, 1.165) is 63.6 Å². The Morgan fingerprint density at radius 1 is 0.738 bits per heavy atom. The van der Waals surface area contributed by atoms with E-state index in [9.17, 15) is 10.2 Å². The molecular formula is C37H42O5. The minimum atomic E-state index is -0.0478. The number of methoxy groups -OCH3 is 1. The number of benzene rings is 5. The Morgan fingerprint density at radius 3 is 1.62 bits per heavy atom. The molecule has 1 aliphatic rings. The molecule has 0 aromatic heterocycles. The number of aliphatic hydroxyl groups excluding tert-OH is 1. The number of rotatable bonds is 5. The lowest BCUT2D eigenvalue weighted by molar-refractivity contribution is 0.215. The summed E-state index contributed by atoms with van der Waals surface area (Å²) in [6.45, 7) is 9.50. The molecule has 1 aliphatic heterocycles. The summed E-state index contributed by atoms with van der Waals surface area (Å²) in [5, 5.41) is 32.1. The van der Waals surface area contributed by atoms with Gasteiger partial charge >= 0.3 is 0 Å². The Morgan fingerprint density at radius 2 is 1.21 bits per heavy atom. The fraction of sp³-hybridized carbons (Fsp3) is 0.297. The highest BCUT2D eigenvalue weighted by molar-refractivity contribution is 5.95. The first-order valence-electron chi connectivity index (χ1n) is 14.7. The average Bonchev–Trinajstić information content (AvgIpc) is 3.00. The van der Waals surface area contributed by atoms with Crippen LogP contribution in [-0.4, -0.2) is 35.6 Å². The summed E-state index contributed by atoms with van der Waals surface area (Å²) in [4.78, 5) is 0. The Balaban J connectivity index is 0.000000453. The van der Waals surface area contributed by atoms with Crippen LogP contribution < -0.4 is 4.74 Å². The van der Waals surface area contributed by atoms with Crippen LogP contribution in [0.1, 0.15) is 62.3 Å². The van der Waals surface area contributed by atoms with Gasteiger partial charge in [-0.3, -0.25) is 0 Å². The molecule has 0 saturated carbocycles. The number of ether oxygens (including phenoxy) is 2. The predicted molar refractivity (Wildman–Crippen MR) is 172 cm³/mol. The second kappa shape index (κ2) is 14.2. The molecule has 0 radical (unpaired) electrons. The maximum atomic E-state index is 10.1. The second-order valence-electron chi connectivity index (χ2n) is 10.9. The van der Waals surface area contributed by atoms with Crippen molar-refractivity contribution >= 4 is 21.5 Å². The summed E-state index contributed by atoms with van der Waals surface area (Å²) in [6, 6.07) is 28.0. The van der Waals surface area contributed by atoms with Crippen molar-refractivity contribution in [1.82, 2.24) is 0 Å². The van der Waals surface area contributed by atoms with Gasteiger partial charge in [0.2, 0.25) is 0 Å². The van der Waals surface area contributed by atoms with Crippen molar-refractivity contribution in [3.63, 3.8) is 0 Å². The molecule has 0 aliphatic carbocycles. The van der Waals surface area contributed by atoms with E-state index in [1.807, 2.05) is 50.2 Å². The van der Waals surface area contributed by atoms with Gasteiger partial charge in [-0.25, -0.2) is 0 Å². The molecule has 5 heteroatoms. The van der Waals surface area contributed by atoms with E-state index in [2.05, 4.69) is 42.8 Å². The molecule has 0 atom stereocenters. The van der Waals surface area contributed by atoms with Crippen molar-refractivity contribution in [2.45, 2.75) is 46.5 Å². The van der Waals surface area contributed by atoms with Gasteiger partial charge in [-0.05, 0) is 94.8 Å². The number of fused-ring (bicyclic) bond motifs is 6. The van der Waals surface area contributed by atoms with Crippen molar-refractivity contribution in [1.29, 1.82) is 0 Å². The van der Waals surface area contributed by atoms with Crippen LogP contribution in [0.3, 0.4) is 0 Å². The predicted octanol–water partition coefficient (Wildman–Crippen LogP) is 8.93. The minimum Gasteiger partial charge on any atom is -0.508 e. The van der Waals surface area contributed by atoms with Crippen molar-refractivity contribution in [2.75, 3.05) is 20.3 Å². The Bertz CT molecular complexity index is 1520. The zero-order chi connectivity index (χ0) is 30.2. The molecule has 42 heavy (non-hydrogen) atoms. The summed E-state index contributed by atoms with van der Waals surface area (Å²) >= 11 is 0. The smallest absolute Gasteiger partial charge is 0.132 e. The summed E-state index contributed by atoms with van der Waals surface area (Å²) in [5.74, 6) is 2.72. The summed E-state index contributed by atoms with van der Waals surface area (Å²) in [5.41, 5.74) is 4.72. The first-order chi connectivity index (χ1) is 20.3. The largest absolute Gasteiger partial charge is 0.508 e. The van der Waals surface area contributed by atoms with E-state index in [0.29, 0.717) is 12.5 Å². The number of aromatic hydroxyl groups is 2. The zero-order valence-electron chi connectivity index (χ0n) is 25.2. The fourth-order valence-electron chi connectivity index (χ4n) is 5.33. The van der Waals surface area contributed by atoms with E-state index < -0.39 is 0 Å². The van der Waals surface area contributed by atoms with Crippen LogP contribution in [-0.2, 0) is 11.2 Å². The lowest BCUT2D eigenvalue weighted by atomic mass is 9.78. The van der Waals surface area contributed by atoms with E-state index in [1.165, 1.54) is 11.1 Å². The van der Waals surface area contributed by atoms with Gasteiger partial charge in [0.1, 0.15) is 23.0 Å². The topological polar surface area (TPSA) is 79.2 Å². The maximum Gasteiger partial charge on any atom is 0.132 e. The second-order valence-corrected chi connectivity index (χ2v) is 10.9. The van der Waals surface area contributed by atoms with Crippen LogP contribution in [0.15, 0.2) is 84.9 Å². The van der Waals surface area contributed by atoms with E-state index in [-0.39, 0.29) is 17.4 Å². The monoisotopic (exact) mass is 566 g/mol. The summed E-state index contributed by atoms with van der Waals surface area (Å²) in [7, 11) is 1.68. The van der Waals surface area contributed by atoms with E-state index in [4.69, 9.17) is 9.84 Å². The Hall–Kier alpha value is -4.06. The minimum absolute atomic E-state index is 0.0478. The van der Waals surface area contributed by atoms with Crippen molar-refractivity contribution in [3.8, 4) is 23.0 Å². The van der Waals surface area contributed by atoms with Crippen LogP contribution in [0, 0.1) is 5.92 Å². The normalized spacial score (nSPS) is 12.1. The van der Waals surface area contributed by atoms with Crippen LogP contribution >= 0.6 is 0 Å². The van der Waals surface area contributed by atoms with E-state index in [1.54, 1.807) is 31.4 Å².